The molecular weight excluding hydrogens is 709 g/mol. The number of hydrogen-bond acceptors (Lipinski definition) is 8. The van der Waals surface area contributed by atoms with Crippen LogP contribution in [0.3, 0.4) is 0 Å². The average molecular weight is 771 g/mol. The second-order valence-corrected chi connectivity index (χ2v) is 14.7. The fraction of sp³-hybridized carbons (Fsp3) is 0.500. The largest absolute Gasteiger partial charge is 0.493 e. The number of ether oxygens (including phenoxy) is 2. The van der Waals surface area contributed by atoms with Crippen LogP contribution in [0.25, 0.3) is 11.1 Å². The minimum atomic E-state index is -1.17. The van der Waals surface area contributed by atoms with Crippen LogP contribution in [0.5, 0.6) is 11.5 Å². The Kier molecular flexibility index (Phi) is 17.6. The van der Waals surface area contributed by atoms with Gasteiger partial charge < -0.3 is 41.8 Å². The van der Waals surface area contributed by atoms with Crippen molar-refractivity contribution in [3.8, 4) is 22.6 Å². The highest BCUT2D eigenvalue weighted by atomic mass is 16.5. The summed E-state index contributed by atoms with van der Waals surface area (Å²) in [5.41, 5.74) is 16.0. The normalized spacial score (nSPS) is 16.9. The maximum atomic E-state index is 14.2. The molecule has 0 saturated carbocycles. The third kappa shape index (κ3) is 12.8. The summed E-state index contributed by atoms with van der Waals surface area (Å²) in [5, 5.41) is 8.54. The van der Waals surface area contributed by atoms with E-state index in [0.29, 0.717) is 73.8 Å². The van der Waals surface area contributed by atoms with Crippen LogP contribution in [0.4, 0.5) is 0 Å². The number of unbranched alkanes of at least 4 members (excludes halogenated alkanes) is 5. The lowest BCUT2D eigenvalue weighted by atomic mass is 9.94. The van der Waals surface area contributed by atoms with Crippen LogP contribution < -0.4 is 36.9 Å². The molecule has 3 atom stereocenters. The maximum absolute atomic E-state index is 14.2. The Hall–Kier alpha value is -4.94. The van der Waals surface area contributed by atoms with E-state index in [2.05, 4.69) is 22.9 Å². The van der Waals surface area contributed by atoms with Gasteiger partial charge in [0, 0.05) is 29.8 Å². The molecular formula is C44H62N6O6. The first-order chi connectivity index (χ1) is 27.1. The molecule has 0 aliphatic carbocycles. The van der Waals surface area contributed by atoms with E-state index in [1.54, 1.807) is 31.2 Å². The highest BCUT2D eigenvalue weighted by Crippen LogP contribution is 2.40. The molecule has 1 aliphatic heterocycles. The molecule has 56 heavy (non-hydrogen) atoms. The Bertz CT molecular complexity index is 1750. The molecule has 7 N–H and O–H groups in total. The van der Waals surface area contributed by atoms with Gasteiger partial charge in [-0.2, -0.15) is 0 Å². The molecule has 4 amide bonds. The molecule has 1 heterocycles. The van der Waals surface area contributed by atoms with Gasteiger partial charge in [0.2, 0.25) is 17.7 Å². The van der Waals surface area contributed by atoms with Crippen molar-refractivity contribution >= 4 is 23.6 Å². The summed E-state index contributed by atoms with van der Waals surface area (Å²) in [4.78, 5) is 55.7. The summed E-state index contributed by atoms with van der Waals surface area (Å²) < 4.78 is 12.5. The van der Waals surface area contributed by atoms with Crippen molar-refractivity contribution in [2.45, 2.75) is 103 Å². The van der Waals surface area contributed by atoms with Gasteiger partial charge in [-0.1, -0.05) is 63.3 Å². The smallest absolute Gasteiger partial charge is 0.251 e. The third-order valence-electron chi connectivity index (χ3n) is 10.0. The molecule has 12 nitrogen and oxygen atoms in total. The lowest BCUT2D eigenvalue weighted by Crippen LogP contribution is -2.52. The van der Waals surface area contributed by atoms with E-state index in [-0.39, 0.29) is 18.5 Å². The molecule has 1 aliphatic rings. The molecule has 2 unspecified atom stereocenters. The van der Waals surface area contributed by atoms with E-state index in [1.807, 2.05) is 43.3 Å². The van der Waals surface area contributed by atoms with Gasteiger partial charge in [-0.05, 0) is 112 Å². The lowest BCUT2D eigenvalue weighted by molar-refractivity contribution is -0.139. The van der Waals surface area contributed by atoms with Crippen LogP contribution in [0.15, 0.2) is 60.7 Å². The zero-order valence-corrected chi connectivity index (χ0v) is 33.7. The number of nitrogens with one attached hydrogen (secondary N) is 3. The van der Waals surface area contributed by atoms with Crippen molar-refractivity contribution in [2.24, 2.45) is 11.5 Å². The first kappa shape index (κ1) is 43.8. The van der Waals surface area contributed by atoms with Crippen molar-refractivity contribution in [3.63, 3.8) is 0 Å². The Morgan fingerprint density at radius 3 is 2.07 bits per heavy atom. The van der Waals surface area contributed by atoms with Gasteiger partial charge in [0.25, 0.3) is 5.91 Å². The monoisotopic (exact) mass is 770 g/mol. The van der Waals surface area contributed by atoms with E-state index in [4.69, 9.17) is 20.9 Å². The number of carbonyl (C=O) groups excluding carboxylic acids is 4. The summed E-state index contributed by atoms with van der Waals surface area (Å²) >= 11 is 0. The third-order valence-corrected chi connectivity index (χ3v) is 10.0. The fourth-order valence-corrected chi connectivity index (χ4v) is 6.77. The Morgan fingerprint density at radius 1 is 0.786 bits per heavy atom. The summed E-state index contributed by atoms with van der Waals surface area (Å²) in [6.45, 7) is 7.06. The Labute approximate surface area is 332 Å². The van der Waals surface area contributed by atoms with E-state index in [9.17, 15) is 19.2 Å². The Balaban J connectivity index is 1.63. The van der Waals surface area contributed by atoms with Crippen molar-refractivity contribution in [3.05, 3.63) is 82.9 Å². The number of carbonyl (C=O) groups is 4. The van der Waals surface area contributed by atoms with Gasteiger partial charge in [0.1, 0.15) is 23.6 Å². The molecule has 4 bridgehead atoms. The number of rotatable bonds is 19. The maximum Gasteiger partial charge on any atom is 0.251 e. The van der Waals surface area contributed by atoms with Crippen LogP contribution in [0.2, 0.25) is 0 Å². The predicted molar refractivity (Wildman–Crippen MR) is 220 cm³/mol. The molecule has 0 fully saturated rings. The van der Waals surface area contributed by atoms with Crippen LogP contribution in [-0.4, -0.2) is 80.5 Å². The number of nitrogens with zero attached hydrogens (tertiary/aromatic N) is 1. The molecule has 0 saturated heterocycles. The molecule has 4 rings (SSSR count). The minimum Gasteiger partial charge on any atom is -0.493 e. The molecule has 0 radical (unpaired) electrons. The van der Waals surface area contributed by atoms with Crippen LogP contribution >= 0.6 is 0 Å². The number of amides is 4. The molecule has 0 spiro atoms. The van der Waals surface area contributed by atoms with Gasteiger partial charge in [0.05, 0.1) is 19.8 Å². The highest BCUT2D eigenvalue weighted by Gasteiger charge is 2.32. The first-order valence-corrected chi connectivity index (χ1v) is 20.2. The summed E-state index contributed by atoms with van der Waals surface area (Å²) in [6, 6.07) is 16.3. The van der Waals surface area contributed by atoms with Crippen LogP contribution in [-0.2, 0) is 27.2 Å². The zero-order valence-electron chi connectivity index (χ0n) is 33.7. The van der Waals surface area contributed by atoms with E-state index in [0.717, 1.165) is 24.0 Å². The van der Waals surface area contributed by atoms with E-state index >= 15 is 0 Å². The van der Waals surface area contributed by atoms with Gasteiger partial charge >= 0.3 is 0 Å². The van der Waals surface area contributed by atoms with E-state index < -0.39 is 29.8 Å². The zero-order chi connectivity index (χ0) is 40.5. The van der Waals surface area contributed by atoms with Crippen molar-refractivity contribution in [1.82, 2.24) is 20.9 Å². The predicted octanol–water partition coefficient (Wildman–Crippen LogP) is 5.21. The topological polar surface area (TPSA) is 178 Å². The van der Waals surface area contributed by atoms with Gasteiger partial charge in [0.15, 0.2) is 0 Å². The number of hydrogen-bond donors (Lipinski definition) is 5. The van der Waals surface area contributed by atoms with Gasteiger partial charge in [-0.15, -0.1) is 0 Å². The summed E-state index contributed by atoms with van der Waals surface area (Å²) in [5.74, 6) is -0.644. The second kappa shape index (κ2) is 22.6. The number of likely N-dealkylation sites (N-methyl/N-ethyl adjacent to an activating group) is 1. The molecule has 12 heteroatoms. The fourth-order valence-electron chi connectivity index (χ4n) is 6.77. The van der Waals surface area contributed by atoms with Crippen LogP contribution in [0, 0.1) is 0 Å². The quantitative estimate of drug-likeness (QED) is 0.103. The number of aryl methyl sites for hydroxylation is 1. The standard InChI is InChI=1S/C44H62N6O6/c1-5-6-7-8-9-10-13-32-14-17-34(18-15-32)43(53)47-29-40(51)50(4)41-35-19-21-39(56-25-12-23-46)37(28-35)36-27-33(16-20-38(36)55-24-11-22-45)26-30(2)48-42(52)31(3)49-44(41)54/h14-21,27-28,30-31,41H,5-13,22-26,29,45-46H2,1-4H3,(H,47,53)(H,48,52)(H,49,54)/t30?,31-,41?/m0/s1. The number of benzene rings is 3. The minimum absolute atomic E-state index is 0.256. The number of fused-ring (bicyclic) bond motifs is 5. The summed E-state index contributed by atoms with van der Waals surface area (Å²) in [7, 11) is 1.51. The molecule has 0 aromatic heterocycles. The average Bonchev–Trinajstić information content (AvgIpc) is 3.19. The molecule has 304 valence electrons. The van der Waals surface area contributed by atoms with Crippen molar-refractivity contribution < 1.29 is 28.7 Å². The number of nitrogens with two attached hydrogens (primary N) is 2. The van der Waals surface area contributed by atoms with Gasteiger partial charge in [-0.25, -0.2) is 0 Å². The van der Waals surface area contributed by atoms with Crippen molar-refractivity contribution in [1.29, 1.82) is 0 Å². The second-order valence-electron chi connectivity index (χ2n) is 14.7. The lowest BCUT2D eigenvalue weighted by Gasteiger charge is -2.30. The van der Waals surface area contributed by atoms with Gasteiger partial charge in [-0.3, -0.25) is 19.2 Å². The molecule has 3 aromatic rings. The Morgan fingerprint density at radius 2 is 1.41 bits per heavy atom. The SMILES string of the molecule is CCCCCCCCc1ccc(C(=O)NCC(=O)N(C)C2C(=O)N[C@@H](C)C(=O)NC(C)Cc3ccc(OCCCN)c(c3)-c3cc2ccc3OCCCN)cc1. The van der Waals surface area contributed by atoms with E-state index in [1.165, 1.54) is 49.6 Å². The first-order valence-electron chi connectivity index (χ1n) is 20.2. The molecule has 3 aromatic carbocycles. The van der Waals surface area contributed by atoms with Crippen LogP contribution in [0.1, 0.15) is 105 Å². The highest BCUT2D eigenvalue weighted by molar-refractivity contribution is 5.98. The summed E-state index contributed by atoms with van der Waals surface area (Å²) in [6.07, 6.45) is 10.1. The van der Waals surface area contributed by atoms with Crippen molar-refractivity contribution in [2.75, 3.05) is 39.9 Å².